The van der Waals surface area contributed by atoms with Gasteiger partial charge in [-0.2, -0.15) is 0 Å². The van der Waals surface area contributed by atoms with E-state index in [1.165, 1.54) is 0 Å². The number of amides is 1. The van der Waals surface area contributed by atoms with E-state index in [-0.39, 0.29) is 11.9 Å². The molecule has 4 heteroatoms. The van der Waals surface area contributed by atoms with Gasteiger partial charge in [-0.25, -0.2) is 0 Å². The molecule has 0 unspecified atom stereocenters. The van der Waals surface area contributed by atoms with Crippen LogP contribution in [0.2, 0.25) is 0 Å². The van der Waals surface area contributed by atoms with Crippen LogP contribution in [0, 0.1) is 13.8 Å². The highest BCUT2D eigenvalue weighted by Gasteiger charge is 2.20. The van der Waals surface area contributed by atoms with E-state index in [1.807, 2.05) is 50.2 Å². The first-order chi connectivity index (χ1) is 11.9. The second kappa shape index (κ2) is 8.56. The van der Waals surface area contributed by atoms with Crippen LogP contribution in [0.1, 0.15) is 43.0 Å². The molecule has 0 bridgehead atoms. The molecule has 0 heterocycles. The Morgan fingerprint density at radius 3 is 2.52 bits per heavy atom. The van der Waals surface area contributed by atoms with Gasteiger partial charge in [0.25, 0.3) is 5.91 Å². The van der Waals surface area contributed by atoms with Crippen molar-refractivity contribution in [1.29, 1.82) is 0 Å². The van der Waals surface area contributed by atoms with Crippen molar-refractivity contribution in [3.8, 4) is 11.5 Å². The van der Waals surface area contributed by atoms with Crippen LogP contribution in [0.3, 0.4) is 0 Å². The van der Waals surface area contributed by atoms with Crippen LogP contribution in [0.4, 0.5) is 0 Å². The smallest absolute Gasteiger partial charge is 0.261 e. The molecule has 0 saturated heterocycles. The lowest BCUT2D eigenvalue weighted by Gasteiger charge is -2.22. The molecule has 2 aromatic carbocycles. The van der Waals surface area contributed by atoms with E-state index in [0.717, 1.165) is 28.9 Å². The summed E-state index contributed by atoms with van der Waals surface area (Å²) < 4.78 is 11.1. The number of carbonyl (C=O) groups excluding carboxylic acids is 1. The average Bonchev–Trinajstić information content (AvgIpc) is 2.59. The number of rotatable bonds is 7. The van der Waals surface area contributed by atoms with Crippen molar-refractivity contribution in [3.05, 3.63) is 59.2 Å². The molecule has 2 aromatic rings. The fourth-order valence-electron chi connectivity index (χ4n) is 2.77. The number of benzene rings is 2. The van der Waals surface area contributed by atoms with Gasteiger partial charge in [-0.1, -0.05) is 31.2 Å². The van der Waals surface area contributed by atoms with Gasteiger partial charge in [-0.05, 0) is 62.1 Å². The summed E-state index contributed by atoms with van der Waals surface area (Å²) in [6, 6.07) is 13.6. The quantitative estimate of drug-likeness (QED) is 0.814. The minimum atomic E-state index is -0.560. The fourth-order valence-corrected chi connectivity index (χ4v) is 2.77. The molecule has 1 N–H and O–H groups in total. The molecule has 0 saturated carbocycles. The fraction of sp³-hybridized carbons (Fsp3) is 0.381. The van der Waals surface area contributed by atoms with Crippen molar-refractivity contribution in [2.45, 2.75) is 46.3 Å². The summed E-state index contributed by atoms with van der Waals surface area (Å²) in [7, 11) is 1.66. The van der Waals surface area contributed by atoms with Gasteiger partial charge < -0.3 is 14.8 Å². The van der Waals surface area contributed by atoms with Crippen molar-refractivity contribution in [3.63, 3.8) is 0 Å². The second-order valence-corrected chi connectivity index (χ2v) is 6.28. The predicted octanol–water partition coefficient (Wildman–Crippen LogP) is 4.35. The zero-order chi connectivity index (χ0) is 18.4. The molecule has 0 aliphatic heterocycles. The molecule has 1 amide bonds. The Balaban J connectivity index is 2.04. The molecule has 0 aliphatic rings. The summed E-state index contributed by atoms with van der Waals surface area (Å²) in [6.07, 6.45) is 0.240. The first kappa shape index (κ1) is 18.8. The number of ether oxygens (including phenoxy) is 2. The van der Waals surface area contributed by atoms with E-state index in [1.54, 1.807) is 14.0 Å². The number of hydrogen-bond donors (Lipinski definition) is 1. The Kier molecular flexibility index (Phi) is 6.45. The first-order valence-electron chi connectivity index (χ1n) is 8.62. The van der Waals surface area contributed by atoms with Gasteiger partial charge in [0.05, 0.1) is 13.2 Å². The molecule has 2 rings (SSSR count). The molecular formula is C21H27NO3. The number of methoxy groups -OCH3 is 1. The van der Waals surface area contributed by atoms with E-state index >= 15 is 0 Å². The van der Waals surface area contributed by atoms with Crippen molar-refractivity contribution < 1.29 is 14.3 Å². The summed E-state index contributed by atoms with van der Waals surface area (Å²) in [5.74, 6) is 1.43. The molecular weight excluding hydrogens is 314 g/mol. The van der Waals surface area contributed by atoms with Crippen LogP contribution in [0.25, 0.3) is 0 Å². The van der Waals surface area contributed by atoms with Crippen LogP contribution >= 0.6 is 0 Å². The summed E-state index contributed by atoms with van der Waals surface area (Å²) in [5.41, 5.74) is 3.22. The van der Waals surface area contributed by atoms with E-state index in [9.17, 15) is 4.79 Å². The second-order valence-electron chi connectivity index (χ2n) is 6.28. The van der Waals surface area contributed by atoms with Gasteiger partial charge in [0.1, 0.15) is 11.5 Å². The Morgan fingerprint density at radius 1 is 1.16 bits per heavy atom. The molecule has 25 heavy (non-hydrogen) atoms. The van der Waals surface area contributed by atoms with Gasteiger partial charge in [-0.3, -0.25) is 4.79 Å². The monoisotopic (exact) mass is 341 g/mol. The van der Waals surface area contributed by atoms with E-state index in [4.69, 9.17) is 9.47 Å². The number of hydrogen-bond acceptors (Lipinski definition) is 3. The molecule has 0 spiro atoms. The van der Waals surface area contributed by atoms with E-state index in [0.29, 0.717) is 5.75 Å². The van der Waals surface area contributed by atoms with Gasteiger partial charge >= 0.3 is 0 Å². The summed E-state index contributed by atoms with van der Waals surface area (Å²) in [5, 5.41) is 3.08. The third-order valence-electron chi connectivity index (χ3n) is 4.22. The van der Waals surface area contributed by atoms with Crippen molar-refractivity contribution in [1.82, 2.24) is 5.32 Å². The summed E-state index contributed by atoms with van der Waals surface area (Å²) in [6.45, 7) is 7.82. The average molecular weight is 341 g/mol. The maximum atomic E-state index is 12.5. The lowest BCUT2D eigenvalue weighted by Crippen LogP contribution is -2.38. The van der Waals surface area contributed by atoms with Crippen LogP contribution in [0.5, 0.6) is 11.5 Å². The largest absolute Gasteiger partial charge is 0.496 e. The molecule has 0 aliphatic carbocycles. The van der Waals surface area contributed by atoms with Crippen LogP contribution in [-0.4, -0.2) is 19.1 Å². The molecule has 0 aromatic heterocycles. The lowest BCUT2D eigenvalue weighted by atomic mass is 10.0. The Bertz CT molecular complexity index is 727. The number of carbonyl (C=O) groups is 1. The van der Waals surface area contributed by atoms with Gasteiger partial charge in [0.15, 0.2) is 6.10 Å². The van der Waals surface area contributed by atoms with Crippen LogP contribution in [0.15, 0.2) is 42.5 Å². The highest BCUT2D eigenvalue weighted by atomic mass is 16.5. The molecule has 0 fully saturated rings. The van der Waals surface area contributed by atoms with Crippen LogP contribution in [-0.2, 0) is 4.79 Å². The minimum Gasteiger partial charge on any atom is -0.496 e. The normalized spacial score (nSPS) is 13.0. The minimum absolute atomic E-state index is 0.0549. The third kappa shape index (κ3) is 4.99. The summed E-state index contributed by atoms with van der Waals surface area (Å²) in [4.78, 5) is 12.5. The SMILES string of the molecule is CC[C@@H](NC(=O)[C@H](C)Oc1cccc(C)c1)c1ccc(OC)c(C)c1. The van der Waals surface area contributed by atoms with Crippen molar-refractivity contribution >= 4 is 5.91 Å². The lowest BCUT2D eigenvalue weighted by molar-refractivity contribution is -0.128. The van der Waals surface area contributed by atoms with Gasteiger partial charge in [-0.15, -0.1) is 0 Å². The highest BCUT2D eigenvalue weighted by Crippen LogP contribution is 2.24. The first-order valence-corrected chi connectivity index (χ1v) is 8.62. The Hall–Kier alpha value is -2.49. The topological polar surface area (TPSA) is 47.6 Å². The van der Waals surface area contributed by atoms with Gasteiger partial charge in [0.2, 0.25) is 0 Å². The van der Waals surface area contributed by atoms with E-state index in [2.05, 4.69) is 18.3 Å². The standard InChI is InChI=1S/C21H27NO3/c1-6-19(17-10-11-20(24-5)15(3)13-17)22-21(23)16(4)25-18-9-7-8-14(2)12-18/h7-13,16,19H,6H2,1-5H3,(H,22,23)/t16-,19+/m0/s1. The Labute approximate surface area is 150 Å². The Morgan fingerprint density at radius 2 is 1.92 bits per heavy atom. The maximum Gasteiger partial charge on any atom is 0.261 e. The predicted molar refractivity (Wildman–Crippen MR) is 100 cm³/mol. The molecule has 2 atom stereocenters. The zero-order valence-electron chi connectivity index (χ0n) is 15.6. The summed E-state index contributed by atoms with van der Waals surface area (Å²) >= 11 is 0. The third-order valence-corrected chi connectivity index (χ3v) is 4.22. The molecule has 4 nitrogen and oxygen atoms in total. The van der Waals surface area contributed by atoms with Gasteiger partial charge in [0, 0.05) is 0 Å². The molecule has 134 valence electrons. The van der Waals surface area contributed by atoms with Crippen molar-refractivity contribution in [2.24, 2.45) is 0 Å². The van der Waals surface area contributed by atoms with E-state index < -0.39 is 6.10 Å². The van der Waals surface area contributed by atoms with Crippen LogP contribution < -0.4 is 14.8 Å². The number of aryl methyl sites for hydroxylation is 2. The zero-order valence-corrected chi connectivity index (χ0v) is 15.6. The number of nitrogens with one attached hydrogen (secondary N) is 1. The van der Waals surface area contributed by atoms with Crippen molar-refractivity contribution in [2.75, 3.05) is 7.11 Å². The molecule has 0 radical (unpaired) electrons. The maximum absolute atomic E-state index is 12.5. The highest BCUT2D eigenvalue weighted by molar-refractivity contribution is 5.81.